The standard InChI is InChI=1S/C28H19N3/c1-2-8-18(9-3-1)25-16-19-10-4-5-11-20(19)28-22-17-30-23-13-6-12-21(26(22)23)27-24(31(25)28)14-7-15-29-27/h1-17,28,30H. The van der Waals surface area contributed by atoms with Gasteiger partial charge in [0.1, 0.15) is 0 Å². The zero-order valence-corrected chi connectivity index (χ0v) is 16.8. The van der Waals surface area contributed by atoms with E-state index in [9.17, 15) is 0 Å². The Hall–Kier alpha value is -4.11. The lowest BCUT2D eigenvalue weighted by Crippen LogP contribution is -2.31. The maximum Gasteiger partial charge on any atom is 0.0945 e. The molecule has 0 saturated heterocycles. The summed E-state index contributed by atoms with van der Waals surface area (Å²) in [6.07, 6.45) is 6.40. The smallest absolute Gasteiger partial charge is 0.0945 e. The minimum Gasteiger partial charge on any atom is -0.361 e. The molecular weight excluding hydrogens is 378 g/mol. The Morgan fingerprint density at radius 3 is 2.58 bits per heavy atom. The van der Waals surface area contributed by atoms with Crippen molar-refractivity contribution in [1.29, 1.82) is 0 Å². The zero-order valence-electron chi connectivity index (χ0n) is 16.8. The van der Waals surface area contributed by atoms with Crippen LogP contribution in [0.1, 0.15) is 28.3 Å². The summed E-state index contributed by atoms with van der Waals surface area (Å²) < 4.78 is 0. The number of pyridine rings is 1. The van der Waals surface area contributed by atoms with Crippen LogP contribution in [-0.2, 0) is 0 Å². The number of hydrogen-bond acceptors (Lipinski definition) is 2. The van der Waals surface area contributed by atoms with Gasteiger partial charge in [-0.1, -0.05) is 66.7 Å². The van der Waals surface area contributed by atoms with E-state index in [0.29, 0.717) is 0 Å². The van der Waals surface area contributed by atoms with Gasteiger partial charge in [0.05, 0.1) is 17.4 Å². The van der Waals surface area contributed by atoms with E-state index in [4.69, 9.17) is 4.98 Å². The highest BCUT2D eigenvalue weighted by atomic mass is 15.2. The first kappa shape index (κ1) is 16.7. The molecule has 0 spiro atoms. The van der Waals surface area contributed by atoms with Gasteiger partial charge in [-0.3, -0.25) is 4.98 Å². The molecule has 3 aromatic carbocycles. The number of hydrogen-bond donors (Lipinski definition) is 1. The average Bonchev–Trinajstić information content (AvgIpc) is 3.22. The molecule has 2 aliphatic heterocycles. The van der Waals surface area contributed by atoms with E-state index in [1.165, 1.54) is 38.9 Å². The molecule has 7 rings (SSSR count). The Labute approximate surface area is 180 Å². The Balaban J connectivity index is 1.65. The first-order valence-corrected chi connectivity index (χ1v) is 10.6. The van der Waals surface area contributed by atoms with E-state index < -0.39 is 0 Å². The lowest BCUT2D eigenvalue weighted by molar-refractivity contribution is 0.825. The molecule has 0 amide bonds. The predicted molar refractivity (Wildman–Crippen MR) is 127 cm³/mol. The van der Waals surface area contributed by atoms with Crippen molar-refractivity contribution < 1.29 is 0 Å². The molecule has 3 heteroatoms. The van der Waals surface area contributed by atoms with E-state index in [-0.39, 0.29) is 6.04 Å². The van der Waals surface area contributed by atoms with Crippen LogP contribution in [-0.4, -0.2) is 9.97 Å². The number of H-pyrrole nitrogens is 1. The molecule has 1 unspecified atom stereocenters. The minimum atomic E-state index is 0.0664. The van der Waals surface area contributed by atoms with Gasteiger partial charge in [0.2, 0.25) is 0 Å². The molecule has 1 N–H and O–H groups in total. The van der Waals surface area contributed by atoms with Crippen molar-refractivity contribution >= 4 is 28.4 Å². The molecule has 2 aliphatic rings. The SMILES string of the molecule is C1=C(c2ccccc2)N2c3cccnc3-c3cccc4[nH]cc(c34)C2c2ccccc21. The molecule has 146 valence electrons. The highest BCUT2D eigenvalue weighted by molar-refractivity contribution is 6.06. The Morgan fingerprint density at radius 2 is 1.65 bits per heavy atom. The third kappa shape index (κ3) is 2.26. The number of aromatic amines is 1. The van der Waals surface area contributed by atoms with Crippen molar-refractivity contribution in [2.45, 2.75) is 6.04 Å². The van der Waals surface area contributed by atoms with Crippen molar-refractivity contribution in [3.8, 4) is 11.3 Å². The van der Waals surface area contributed by atoms with E-state index in [1.54, 1.807) is 0 Å². The fraction of sp³-hybridized carbons (Fsp3) is 0.0357. The summed E-state index contributed by atoms with van der Waals surface area (Å²) in [5.41, 5.74) is 10.8. The fourth-order valence-electron chi connectivity index (χ4n) is 5.22. The highest BCUT2D eigenvalue weighted by Gasteiger charge is 2.37. The molecule has 5 aromatic rings. The summed E-state index contributed by atoms with van der Waals surface area (Å²) in [5, 5.41) is 1.26. The number of anilines is 1. The molecule has 0 aliphatic carbocycles. The molecule has 31 heavy (non-hydrogen) atoms. The quantitative estimate of drug-likeness (QED) is 0.343. The van der Waals surface area contributed by atoms with Gasteiger partial charge >= 0.3 is 0 Å². The first-order valence-electron chi connectivity index (χ1n) is 10.6. The normalized spacial score (nSPS) is 16.2. The fourth-order valence-corrected chi connectivity index (χ4v) is 5.22. The molecule has 2 aromatic heterocycles. The average molecular weight is 397 g/mol. The van der Waals surface area contributed by atoms with Gasteiger partial charge in [0.25, 0.3) is 0 Å². The van der Waals surface area contributed by atoms with Gasteiger partial charge in [-0.15, -0.1) is 0 Å². The van der Waals surface area contributed by atoms with Crippen LogP contribution < -0.4 is 4.90 Å². The number of benzene rings is 3. The summed E-state index contributed by atoms with van der Waals surface area (Å²) in [6.45, 7) is 0. The highest BCUT2D eigenvalue weighted by Crippen LogP contribution is 2.52. The molecular formula is C28H19N3. The summed E-state index contributed by atoms with van der Waals surface area (Å²) in [5.74, 6) is 0. The van der Waals surface area contributed by atoms with Crippen LogP contribution in [0.25, 0.3) is 33.9 Å². The van der Waals surface area contributed by atoms with Crippen molar-refractivity contribution in [3.05, 3.63) is 120 Å². The molecule has 0 radical (unpaired) electrons. The van der Waals surface area contributed by atoms with E-state index in [0.717, 1.165) is 16.9 Å². The van der Waals surface area contributed by atoms with Crippen molar-refractivity contribution in [1.82, 2.24) is 9.97 Å². The molecule has 0 fully saturated rings. The second-order valence-corrected chi connectivity index (χ2v) is 8.14. The van der Waals surface area contributed by atoms with Crippen molar-refractivity contribution in [2.75, 3.05) is 4.90 Å². The maximum atomic E-state index is 4.88. The van der Waals surface area contributed by atoms with Crippen LogP contribution in [0.15, 0.2) is 97.3 Å². The summed E-state index contributed by atoms with van der Waals surface area (Å²) >= 11 is 0. The minimum absolute atomic E-state index is 0.0664. The van der Waals surface area contributed by atoms with Crippen LogP contribution in [0.5, 0.6) is 0 Å². The van der Waals surface area contributed by atoms with Crippen LogP contribution in [0.4, 0.5) is 5.69 Å². The molecule has 1 atom stereocenters. The van der Waals surface area contributed by atoms with Crippen LogP contribution in [0, 0.1) is 0 Å². The Kier molecular flexibility index (Phi) is 3.33. The third-order valence-corrected chi connectivity index (χ3v) is 6.50. The van der Waals surface area contributed by atoms with Gasteiger partial charge in [-0.25, -0.2) is 0 Å². The molecule has 3 nitrogen and oxygen atoms in total. The van der Waals surface area contributed by atoms with Gasteiger partial charge in [-0.2, -0.15) is 0 Å². The number of nitrogens with zero attached hydrogens (tertiary/aromatic N) is 2. The van der Waals surface area contributed by atoms with E-state index in [1.807, 2.05) is 12.3 Å². The van der Waals surface area contributed by atoms with Crippen LogP contribution >= 0.6 is 0 Å². The van der Waals surface area contributed by atoms with Gasteiger partial charge < -0.3 is 9.88 Å². The Bertz CT molecular complexity index is 1490. The Morgan fingerprint density at radius 1 is 0.774 bits per heavy atom. The number of rotatable bonds is 1. The first-order chi connectivity index (χ1) is 15.4. The zero-order chi connectivity index (χ0) is 20.4. The number of fused-ring (bicyclic) bond motifs is 7. The maximum absolute atomic E-state index is 4.88. The second-order valence-electron chi connectivity index (χ2n) is 8.14. The summed E-state index contributed by atoms with van der Waals surface area (Å²) in [7, 11) is 0. The number of nitrogens with one attached hydrogen (secondary N) is 1. The predicted octanol–water partition coefficient (Wildman–Crippen LogP) is 6.65. The largest absolute Gasteiger partial charge is 0.361 e. The summed E-state index contributed by atoms with van der Waals surface area (Å²) in [4.78, 5) is 10.9. The lowest BCUT2D eigenvalue weighted by atomic mass is 9.87. The lowest BCUT2D eigenvalue weighted by Gasteiger charge is -2.39. The topological polar surface area (TPSA) is 31.9 Å². The van der Waals surface area contributed by atoms with Crippen LogP contribution in [0.2, 0.25) is 0 Å². The van der Waals surface area contributed by atoms with E-state index in [2.05, 4.69) is 101 Å². The van der Waals surface area contributed by atoms with Gasteiger partial charge in [-0.05, 0) is 41.0 Å². The monoisotopic (exact) mass is 397 g/mol. The van der Waals surface area contributed by atoms with E-state index >= 15 is 0 Å². The van der Waals surface area contributed by atoms with Gasteiger partial charge in [0, 0.05) is 40.1 Å². The van der Waals surface area contributed by atoms with Crippen molar-refractivity contribution in [3.63, 3.8) is 0 Å². The van der Waals surface area contributed by atoms with Crippen LogP contribution in [0.3, 0.4) is 0 Å². The molecule has 0 saturated carbocycles. The van der Waals surface area contributed by atoms with Crippen molar-refractivity contribution in [2.24, 2.45) is 0 Å². The third-order valence-electron chi connectivity index (χ3n) is 6.50. The number of aromatic nitrogens is 2. The summed E-state index contributed by atoms with van der Waals surface area (Å²) in [6, 6.07) is 30.2. The molecule has 4 heterocycles. The van der Waals surface area contributed by atoms with Gasteiger partial charge in [0.15, 0.2) is 0 Å². The molecule has 0 bridgehead atoms. The second kappa shape index (κ2) is 6.19.